The van der Waals surface area contributed by atoms with Crippen molar-refractivity contribution in [2.24, 2.45) is 5.92 Å². The van der Waals surface area contributed by atoms with E-state index < -0.39 is 23.2 Å². The van der Waals surface area contributed by atoms with E-state index in [1.54, 1.807) is 12.1 Å². The number of H-pyrrole nitrogens is 1. The molecule has 0 bridgehead atoms. The molecule has 1 aromatic heterocycles. The molecule has 2 aromatic rings. The normalized spacial score (nSPS) is 24.5. The van der Waals surface area contributed by atoms with Gasteiger partial charge in [0.1, 0.15) is 17.1 Å². The summed E-state index contributed by atoms with van der Waals surface area (Å²) in [6, 6.07) is 5.96. The van der Waals surface area contributed by atoms with Gasteiger partial charge in [0.15, 0.2) is 0 Å². The van der Waals surface area contributed by atoms with Crippen LogP contribution in [0.5, 0.6) is 0 Å². The maximum absolute atomic E-state index is 13.7. The second-order valence-electron chi connectivity index (χ2n) is 6.41. The molecule has 0 radical (unpaired) electrons. The lowest BCUT2D eigenvalue weighted by Gasteiger charge is -2.36. The highest BCUT2D eigenvalue weighted by Gasteiger charge is 2.42. The van der Waals surface area contributed by atoms with E-state index in [2.05, 4.69) is 17.2 Å². The zero-order chi connectivity index (χ0) is 16.6. The van der Waals surface area contributed by atoms with E-state index >= 15 is 0 Å². The molecule has 1 aliphatic carbocycles. The molecule has 3 rings (SSSR count). The molecule has 0 saturated heterocycles. The first-order valence-corrected chi connectivity index (χ1v) is 7.74. The number of benzene rings is 1. The number of aromatic nitrogens is 1. The third-order valence-corrected chi connectivity index (χ3v) is 4.75. The third kappa shape index (κ3) is 2.81. The number of fused-ring (bicyclic) bond motifs is 1. The summed E-state index contributed by atoms with van der Waals surface area (Å²) in [4.78, 5) is 27.0. The molecule has 122 valence electrons. The zero-order valence-corrected chi connectivity index (χ0v) is 12.9. The largest absolute Gasteiger partial charge is 0.480 e. The fourth-order valence-electron chi connectivity index (χ4n) is 3.17. The Kier molecular flexibility index (Phi) is 3.83. The Hall–Kier alpha value is -2.37. The van der Waals surface area contributed by atoms with Crippen molar-refractivity contribution in [1.29, 1.82) is 0 Å². The first-order chi connectivity index (χ1) is 10.9. The molecule has 23 heavy (non-hydrogen) atoms. The maximum atomic E-state index is 13.7. The molecule has 1 amide bonds. The average molecular weight is 318 g/mol. The number of rotatable bonds is 3. The Balaban J connectivity index is 1.86. The lowest BCUT2D eigenvalue weighted by atomic mass is 9.77. The lowest BCUT2D eigenvalue weighted by Crippen LogP contribution is -2.56. The summed E-state index contributed by atoms with van der Waals surface area (Å²) in [5, 5.41) is 12.5. The van der Waals surface area contributed by atoms with Crippen LogP contribution in [0, 0.1) is 11.7 Å². The van der Waals surface area contributed by atoms with Gasteiger partial charge in [-0.05, 0) is 49.8 Å². The van der Waals surface area contributed by atoms with Crippen LogP contribution in [0.1, 0.15) is 43.1 Å². The van der Waals surface area contributed by atoms with E-state index in [0.717, 1.165) is 12.8 Å². The van der Waals surface area contributed by atoms with Crippen molar-refractivity contribution in [3.63, 3.8) is 0 Å². The smallest absolute Gasteiger partial charge is 0.329 e. The number of halogens is 1. The number of nitrogens with one attached hydrogen (secondary N) is 2. The minimum absolute atomic E-state index is 0.171. The third-order valence-electron chi connectivity index (χ3n) is 4.75. The van der Waals surface area contributed by atoms with Crippen molar-refractivity contribution in [1.82, 2.24) is 10.3 Å². The number of hydrogen-bond donors (Lipinski definition) is 3. The first-order valence-electron chi connectivity index (χ1n) is 7.74. The van der Waals surface area contributed by atoms with Crippen LogP contribution in [0.4, 0.5) is 4.39 Å². The standard InChI is InChI=1S/C17H19FN2O3/c1-10-5-7-17(8-6-10,16(22)23)20-15(21)14-9-11-12(18)3-2-4-13(11)19-14/h2-4,9-10,19H,5-8H2,1H3,(H,20,21)(H,22,23). The summed E-state index contributed by atoms with van der Waals surface area (Å²) in [5.41, 5.74) is -0.555. The summed E-state index contributed by atoms with van der Waals surface area (Å²) < 4.78 is 13.7. The van der Waals surface area contributed by atoms with Crippen LogP contribution >= 0.6 is 0 Å². The Bertz CT molecular complexity index is 760. The molecule has 3 N–H and O–H groups in total. The van der Waals surface area contributed by atoms with Gasteiger partial charge in [-0.1, -0.05) is 13.0 Å². The summed E-state index contributed by atoms with van der Waals surface area (Å²) in [6.45, 7) is 2.08. The van der Waals surface area contributed by atoms with Gasteiger partial charge in [0, 0.05) is 10.9 Å². The van der Waals surface area contributed by atoms with Crippen LogP contribution in [0.25, 0.3) is 10.9 Å². The monoisotopic (exact) mass is 318 g/mol. The predicted octanol–water partition coefficient (Wildman–Crippen LogP) is 3.07. The molecule has 0 unspecified atom stereocenters. The molecule has 5 nitrogen and oxygen atoms in total. The fourth-order valence-corrected chi connectivity index (χ4v) is 3.17. The molecule has 0 atom stereocenters. The van der Waals surface area contributed by atoms with E-state index in [0.29, 0.717) is 29.7 Å². The molecule has 0 aliphatic heterocycles. The van der Waals surface area contributed by atoms with Crippen molar-refractivity contribution >= 4 is 22.8 Å². The predicted molar refractivity (Wildman–Crippen MR) is 83.7 cm³/mol. The number of carbonyl (C=O) groups excluding carboxylic acids is 1. The Morgan fingerprint density at radius 1 is 1.35 bits per heavy atom. The van der Waals surface area contributed by atoms with Crippen LogP contribution in [0.15, 0.2) is 24.3 Å². The highest BCUT2D eigenvalue weighted by Crippen LogP contribution is 2.32. The summed E-state index contributed by atoms with van der Waals surface area (Å²) in [7, 11) is 0. The molecular formula is C17H19FN2O3. The number of aliphatic carboxylic acids is 1. The van der Waals surface area contributed by atoms with Gasteiger partial charge >= 0.3 is 5.97 Å². The molecule has 0 spiro atoms. The van der Waals surface area contributed by atoms with Gasteiger partial charge in [0.05, 0.1) is 0 Å². The van der Waals surface area contributed by atoms with Gasteiger partial charge in [-0.15, -0.1) is 0 Å². The Morgan fingerprint density at radius 2 is 2.04 bits per heavy atom. The van der Waals surface area contributed by atoms with Crippen molar-refractivity contribution in [2.45, 2.75) is 38.1 Å². The number of amides is 1. The van der Waals surface area contributed by atoms with Crippen LogP contribution < -0.4 is 5.32 Å². The number of carboxylic acid groups (broad SMARTS) is 1. The SMILES string of the molecule is CC1CCC(NC(=O)c2cc3c(F)cccc3[nH]2)(C(=O)O)CC1. The quantitative estimate of drug-likeness (QED) is 0.813. The van der Waals surface area contributed by atoms with Gasteiger partial charge in [-0.2, -0.15) is 0 Å². The molecular weight excluding hydrogens is 299 g/mol. The average Bonchev–Trinajstić information content (AvgIpc) is 2.95. The van der Waals surface area contributed by atoms with Gasteiger partial charge in [0.25, 0.3) is 5.91 Å². The summed E-state index contributed by atoms with van der Waals surface area (Å²) in [6.07, 6.45) is 2.33. The second kappa shape index (κ2) is 5.68. The highest BCUT2D eigenvalue weighted by molar-refractivity contribution is 6.00. The summed E-state index contributed by atoms with van der Waals surface area (Å²) in [5.74, 6) is -1.49. The van der Waals surface area contributed by atoms with E-state index in [9.17, 15) is 19.1 Å². The van der Waals surface area contributed by atoms with Crippen LogP contribution in [-0.4, -0.2) is 27.5 Å². The number of hydrogen-bond acceptors (Lipinski definition) is 2. The molecule has 1 aromatic carbocycles. The van der Waals surface area contributed by atoms with Crippen molar-refractivity contribution in [3.8, 4) is 0 Å². The Labute approximate surface area is 132 Å². The first kappa shape index (κ1) is 15.5. The fraction of sp³-hybridized carbons (Fsp3) is 0.412. The summed E-state index contributed by atoms with van der Waals surface area (Å²) >= 11 is 0. The van der Waals surface area contributed by atoms with E-state index in [-0.39, 0.29) is 5.69 Å². The van der Waals surface area contributed by atoms with E-state index in [1.807, 2.05) is 0 Å². The van der Waals surface area contributed by atoms with Crippen LogP contribution in [-0.2, 0) is 4.79 Å². The number of carbonyl (C=O) groups is 2. The zero-order valence-electron chi connectivity index (χ0n) is 12.9. The molecule has 1 aliphatic rings. The van der Waals surface area contributed by atoms with Crippen molar-refractivity contribution in [2.75, 3.05) is 0 Å². The highest BCUT2D eigenvalue weighted by atomic mass is 19.1. The molecule has 1 heterocycles. The van der Waals surface area contributed by atoms with Gasteiger partial charge < -0.3 is 15.4 Å². The molecule has 1 saturated carbocycles. The number of aromatic amines is 1. The van der Waals surface area contributed by atoms with Crippen LogP contribution in [0.2, 0.25) is 0 Å². The lowest BCUT2D eigenvalue weighted by molar-refractivity contribution is -0.146. The second-order valence-corrected chi connectivity index (χ2v) is 6.41. The van der Waals surface area contributed by atoms with Gasteiger partial charge in [0.2, 0.25) is 0 Å². The Morgan fingerprint density at radius 3 is 2.65 bits per heavy atom. The van der Waals surface area contributed by atoms with E-state index in [4.69, 9.17) is 0 Å². The minimum atomic E-state index is -1.24. The molecule has 1 fully saturated rings. The van der Waals surface area contributed by atoms with E-state index in [1.165, 1.54) is 12.1 Å². The van der Waals surface area contributed by atoms with Crippen LogP contribution in [0.3, 0.4) is 0 Å². The maximum Gasteiger partial charge on any atom is 0.329 e. The van der Waals surface area contributed by atoms with Crippen molar-refractivity contribution < 1.29 is 19.1 Å². The van der Waals surface area contributed by atoms with Gasteiger partial charge in [-0.3, -0.25) is 4.79 Å². The number of carboxylic acids is 1. The van der Waals surface area contributed by atoms with Gasteiger partial charge in [-0.25, -0.2) is 9.18 Å². The van der Waals surface area contributed by atoms with Crippen molar-refractivity contribution in [3.05, 3.63) is 35.8 Å². The topological polar surface area (TPSA) is 82.2 Å². The molecule has 6 heteroatoms. The minimum Gasteiger partial charge on any atom is -0.480 e.